The van der Waals surface area contributed by atoms with Gasteiger partial charge in [-0.05, 0) is 47.5 Å². The van der Waals surface area contributed by atoms with Crippen molar-refractivity contribution in [1.82, 2.24) is 0 Å². The van der Waals surface area contributed by atoms with Crippen LogP contribution in [0.25, 0.3) is 0 Å². The maximum absolute atomic E-state index is 13.3. The van der Waals surface area contributed by atoms with Crippen molar-refractivity contribution >= 4 is 9.84 Å². The molecule has 0 radical (unpaired) electrons. The van der Waals surface area contributed by atoms with E-state index in [1.54, 1.807) is 18.2 Å². The van der Waals surface area contributed by atoms with Crippen LogP contribution in [0.4, 0.5) is 4.39 Å². The summed E-state index contributed by atoms with van der Waals surface area (Å²) in [6, 6.07) is 10.6. The molecule has 0 unspecified atom stereocenters. The first-order valence-corrected chi connectivity index (χ1v) is 8.19. The van der Waals surface area contributed by atoms with Crippen molar-refractivity contribution in [3.63, 3.8) is 0 Å². The fourth-order valence-corrected chi connectivity index (χ4v) is 2.50. The highest BCUT2D eigenvalue weighted by molar-refractivity contribution is 7.90. The van der Waals surface area contributed by atoms with E-state index < -0.39 is 9.84 Å². The fourth-order valence-electron chi connectivity index (χ4n) is 1.87. The van der Waals surface area contributed by atoms with Gasteiger partial charge in [0.1, 0.15) is 18.2 Å². The summed E-state index contributed by atoms with van der Waals surface area (Å²) in [6.07, 6.45) is 1.14. The van der Waals surface area contributed by atoms with E-state index in [4.69, 9.17) is 10.5 Å². The van der Waals surface area contributed by atoms with E-state index in [1.807, 2.05) is 0 Å². The Morgan fingerprint density at radius 2 is 1.71 bits per heavy atom. The van der Waals surface area contributed by atoms with Gasteiger partial charge in [-0.25, -0.2) is 12.8 Å². The Labute approximate surface area is 123 Å². The molecule has 0 saturated heterocycles. The van der Waals surface area contributed by atoms with Crippen LogP contribution in [-0.4, -0.2) is 14.7 Å². The molecule has 2 aromatic carbocycles. The van der Waals surface area contributed by atoms with Gasteiger partial charge in [0, 0.05) is 12.8 Å². The lowest BCUT2D eigenvalue weighted by atomic mass is 10.1. The van der Waals surface area contributed by atoms with E-state index in [1.165, 1.54) is 24.3 Å². The minimum atomic E-state index is -3.22. The van der Waals surface area contributed by atoms with E-state index in [-0.39, 0.29) is 23.9 Å². The van der Waals surface area contributed by atoms with Gasteiger partial charge in [-0.15, -0.1) is 0 Å². The SMILES string of the molecule is CS(=O)(=O)c1ccc(OCc2cc(F)cc(CN)c2)cc1. The highest BCUT2D eigenvalue weighted by Gasteiger charge is 2.07. The summed E-state index contributed by atoms with van der Waals surface area (Å²) in [5.74, 6) is 0.157. The molecule has 0 spiro atoms. The minimum Gasteiger partial charge on any atom is -0.489 e. The summed E-state index contributed by atoms with van der Waals surface area (Å²) in [6.45, 7) is 0.441. The molecule has 2 rings (SSSR count). The Balaban J connectivity index is 2.08. The first kappa shape index (κ1) is 15.5. The summed E-state index contributed by atoms with van der Waals surface area (Å²) >= 11 is 0. The Kier molecular flexibility index (Phi) is 4.59. The van der Waals surface area contributed by atoms with Crippen LogP contribution in [0.15, 0.2) is 47.4 Å². The first-order chi connectivity index (χ1) is 9.88. The Bertz CT molecular complexity index is 727. The number of hydrogen-bond acceptors (Lipinski definition) is 4. The maximum atomic E-state index is 13.3. The maximum Gasteiger partial charge on any atom is 0.175 e. The minimum absolute atomic E-state index is 0.184. The third kappa shape index (κ3) is 4.27. The van der Waals surface area contributed by atoms with Crippen molar-refractivity contribution in [1.29, 1.82) is 0 Å². The van der Waals surface area contributed by atoms with Crippen LogP contribution in [-0.2, 0) is 23.0 Å². The normalized spacial score (nSPS) is 11.4. The highest BCUT2D eigenvalue weighted by Crippen LogP contribution is 2.18. The molecule has 2 aromatic rings. The van der Waals surface area contributed by atoms with Crippen molar-refractivity contribution in [3.8, 4) is 5.75 Å². The molecule has 0 aromatic heterocycles. The van der Waals surface area contributed by atoms with Crippen molar-refractivity contribution in [2.24, 2.45) is 5.73 Å². The number of nitrogens with two attached hydrogens (primary N) is 1. The van der Waals surface area contributed by atoms with Crippen LogP contribution in [0.5, 0.6) is 5.75 Å². The number of rotatable bonds is 5. The molecule has 0 aliphatic carbocycles. The summed E-state index contributed by atoms with van der Waals surface area (Å²) in [7, 11) is -3.22. The smallest absolute Gasteiger partial charge is 0.175 e. The van der Waals surface area contributed by atoms with Gasteiger partial charge >= 0.3 is 0 Å². The zero-order chi connectivity index (χ0) is 15.5. The summed E-state index contributed by atoms with van der Waals surface area (Å²) < 4.78 is 41.5. The molecule has 0 bridgehead atoms. The fraction of sp³-hybridized carbons (Fsp3) is 0.200. The lowest BCUT2D eigenvalue weighted by molar-refractivity contribution is 0.305. The van der Waals surface area contributed by atoms with Crippen molar-refractivity contribution in [3.05, 3.63) is 59.4 Å². The molecule has 0 amide bonds. The number of halogens is 1. The second-order valence-corrected chi connectivity index (χ2v) is 6.72. The molecular formula is C15H16FNO3S. The molecule has 0 aliphatic heterocycles. The number of hydrogen-bond donors (Lipinski definition) is 1. The quantitative estimate of drug-likeness (QED) is 0.920. The zero-order valence-corrected chi connectivity index (χ0v) is 12.4. The second-order valence-electron chi connectivity index (χ2n) is 4.70. The molecular weight excluding hydrogens is 293 g/mol. The lowest BCUT2D eigenvalue weighted by Crippen LogP contribution is -2.02. The summed E-state index contributed by atoms with van der Waals surface area (Å²) in [4.78, 5) is 0.228. The van der Waals surface area contributed by atoms with Gasteiger partial charge in [-0.2, -0.15) is 0 Å². The van der Waals surface area contributed by atoms with E-state index in [2.05, 4.69) is 0 Å². The van der Waals surface area contributed by atoms with Gasteiger partial charge in [0.05, 0.1) is 4.90 Å². The molecule has 0 fully saturated rings. The standard InChI is InChI=1S/C15H16FNO3S/c1-21(18,19)15-4-2-14(3-5-15)20-10-12-6-11(9-17)7-13(16)8-12/h2-8H,9-10,17H2,1H3. The summed E-state index contributed by atoms with van der Waals surface area (Å²) in [5, 5.41) is 0. The molecule has 0 aliphatic rings. The van der Waals surface area contributed by atoms with E-state index in [0.717, 1.165) is 6.26 Å². The highest BCUT2D eigenvalue weighted by atomic mass is 32.2. The molecule has 0 atom stereocenters. The van der Waals surface area contributed by atoms with Crippen molar-refractivity contribution in [2.75, 3.05) is 6.26 Å². The van der Waals surface area contributed by atoms with Gasteiger partial charge in [0.25, 0.3) is 0 Å². The lowest BCUT2D eigenvalue weighted by Gasteiger charge is -2.08. The second kappa shape index (κ2) is 6.24. The zero-order valence-electron chi connectivity index (χ0n) is 11.5. The Hall–Kier alpha value is -1.92. The van der Waals surface area contributed by atoms with Gasteiger partial charge in [-0.1, -0.05) is 6.07 Å². The van der Waals surface area contributed by atoms with Crippen LogP contribution >= 0.6 is 0 Å². The van der Waals surface area contributed by atoms with Crippen LogP contribution < -0.4 is 10.5 Å². The van der Waals surface area contributed by atoms with E-state index in [0.29, 0.717) is 16.9 Å². The molecule has 112 valence electrons. The van der Waals surface area contributed by atoms with Gasteiger partial charge < -0.3 is 10.5 Å². The third-order valence-corrected chi connectivity index (χ3v) is 4.04. The molecule has 0 heterocycles. The Morgan fingerprint density at radius 1 is 1.10 bits per heavy atom. The molecule has 4 nitrogen and oxygen atoms in total. The molecule has 2 N–H and O–H groups in total. The van der Waals surface area contributed by atoms with Gasteiger partial charge in [-0.3, -0.25) is 0 Å². The molecule has 0 saturated carbocycles. The van der Waals surface area contributed by atoms with Crippen LogP contribution in [0.2, 0.25) is 0 Å². The number of benzene rings is 2. The predicted octanol–water partition coefficient (Wildman–Crippen LogP) is 2.27. The van der Waals surface area contributed by atoms with E-state index in [9.17, 15) is 12.8 Å². The average molecular weight is 309 g/mol. The Morgan fingerprint density at radius 3 is 2.29 bits per heavy atom. The number of ether oxygens (including phenoxy) is 1. The van der Waals surface area contributed by atoms with Gasteiger partial charge in [0.2, 0.25) is 0 Å². The van der Waals surface area contributed by atoms with Crippen LogP contribution in [0.3, 0.4) is 0 Å². The van der Waals surface area contributed by atoms with Crippen LogP contribution in [0, 0.1) is 5.82 Å². The topological polar surface area (TPSA) is 69.4 Å². The third-order valence-electron chi connectivity index (χ3n) is 2.91. The predicted molar refractivity (Wildman–Crippen MR) is 78.2 cm³/mol. The van der Waals surface area contributed by atoms with Gasteiger partial charge in [0.15, 0.2) is 9.84 Å². The molecule has 21 heavy (non-hydrogen) atoms. The molecule has 6 heteroatoms. The van der Waals surface area contributed by atoms with Crippen LogP contribution in [0.1, 0.15) is 11.1 Å². The first-order valence-electron chi connectivity index (χ1n) is 6.30. The number of sulfone groups is 1. The summed E-state index contributed by atoms with van der Waals surface area (Å²) in [5.41, 5.74) is 6.85. The monoisotopic (exact) mass is 309 g/mol. The van der Waals surface area contributed by atoms with E-state index >= 15 is 0 Å². The van der Waals surface area contributed by atoms with Crippen molar-refractivity contribution in [2.45, 2.75) is 18.0 Å². The van der Waals surface area contributed by atoms with Crippen molar-refractivity contribution < 1.29 is 17.5 Å². The largest absolute Gasteiger partial charge is 0.489 e. The average Bonchev–Trinajstić information content (AvgIpc) is 2.44.